The number of nitrogens with zero attached hydrogens (tertiary/aromatic N) is 2. The number of hydrogen-bond acceptors (Lipinski definition) is 3. The Morgan fingerprint density at radius 2 is 2.60 bits per heavy atom. The largest absolute Gasteiger partial charge is 0.311 e. The van der Waals surface area contributed by atoms with Crippen LogP contribution in [-0.2, 0) is 0 Å². The van der Waals surface area contributed by atoms with Crippen LogP contribution in [0.2, 0.25) is 0 Å². The maximum atomic E-state index is 4.07. The Morgan fingerprint density at radius 3 is 3.50 bits per heavy atom. The first-order valence-corrected chi connectivity index (χ1v) is 4.40. The molecule has 1 aliphatic rings. The molecule has 0 N–H and O–H groups in total. The minimum absolute atomic E-state index is 0.926. The van der Waals surface area contributed by atoms with E-state index in [0.717, 1.165) is 6.54 Å². The molecule has 1 aromatic heterocycles. The van der Waals surface area contributed by atoms with Gasteiger partial charge in [0.25, 0.3) is 0 Å². The minimum Gasteiger partial charge on any atom is -0.311 e. The van der Waals surface area contributed by atoms with Crippen molar-refractivity contribution in [1.82, 2.24) is 8.30 Å². The molecule has 0 saturated carbocycles. The Labute approximate surface area is 71.0 Å². The van der Waals surface area contributed by atoms with Crippen LogP contribution in [0, 0.1) is 0 Å². The van der Waals surface area contributed by atoms with E-state index in [0.29, 0.717) is 0 Å². The SMILES string of the molecule is BrN1C=c2cnsc2=CC1. The van der Waals surface area contributed by atoms with E-state index in [1.54, 1.807) is 11.5 Å². The van der Waals surface area contributed by atoms with Crippen LogP contribution < -0.4 is 9.75 Å². The molecule has 0 amide bonds. The van der Waals surface area contributed by atoms with Crippen LogP contribution in [0.15, 0.2) is 6.20 Å². The Morgan fingerprint density at radius 1 is 1.70 bits per heavy atom. The predicted octanol–water partition coefficient (Wildman–Crippen LogP) is 0.287. The average molecular weight is 217 g/mol. The predicted molar refractivity (Wildman–Crippen MR) is 45.9 cm³/mol. The Kier molecular flexibility index (Phi) is 1.50. The third-order valence-corrected chi connectivity index (χ3v) is 2.66. The topological polar surface area (TPSA) is 16.1 Å². The first-order chi connectivity index (χ1) is 4.86. The molecule has 1 aliphatic heterocycles. The normalized spacial score (nSPS) is 15.5. The van der Waals surface area contributed by atoms with Crippen molar-refractivity contribution in [2.45, 2.75) is 0 Å². The monoisotopic (exact) mass is 216 g/mol. The summed E-state index contributed by atoms with van der Waals surface area (Å²) in [7, 11) is 0. The van der Waals surface area contributed by atoms with E-state index in [2.05, 4.69) is 26.6 Å². The summed E-state index contributed by atoms with van der Waals surface area (Å²) in [6.45, 7) is 0.926. The Balaban J connectivity index is 2.73. The van der Waals surface area contributed by atoms with Gasteiger partial charge >= 0.3 is 0 Å². The van der Waals surface area contributed by atoms with Gasteiger partial charge in [0.2, 0.25) is 0 Å². The number of rotatable bonds is 0. The molecule has 0 fully saturated rings. The summed E-state index contributed by atoms with van der Waals surface area (Å²) in [6, 6.07) is 0. The molecule has 1 aromatic rings. The molecule has 0 radical (unpaired) electrons. The Hall–Kier alpha value is -0.350. The van der Waals surface area contributed by atoms with E-state index >= 15 is 0 Å². The van der Waals surface area contributed by atoms with Crippen molar-refractivity contribution in [3.8, 4) is 0 Å². The number of halogens is 1. The van der Waals surface area contributed by atoms with Crippen molar-refractivity contribution in [2.75, 3.05) is 6.54 Å². The van der Waals surface area contributed by atoms with Crippen molar-refractivity contribution in [1.29, 1.82) is 0 Å². The molecule has 0 saturated heterocycles. The van der Waals surface area contributed by atoms with Crippen molar-refractivity contribution in [3.05, 3.63) is 15.9 Å². The standard InChI is InChI=1S/C6H5BrN2S/c7-9-2-1-6-5(4-9)3-8-10-6/h1,3-4H,2H2. The third kappa shape index (κ3) is 0.973. The molecule has 0 atom stereocenters. The molecule has 4 heteroatoms. The van der Waals surface area contributed by atoms with E-state index in [4.69, 9.17) is 0 Å². The average Bonchev–Trinajstić information content (AvgIpc) is 2.33. The lowest BCUT2D eigenvalue weighted by molar-refractivity contribution is 0.791. The van der Waals surface area contributed by atoms with Gasteiger partial charge in [0.1, 0.15) is 0 Å². The highest BCUT2D eigenvalue weighted by molar-refractivity contribution is 9.07. The fraction of sp³-hybridized carbons (Fsp3) is 0.167. The molecule has 0 aliphatic carbocycles. The molecule has 10 heavy (non-hydrogen) atoms. The lowest BCUT2D eigenvalue weighted by Gasteiger charge is -2.08. The second kappa shape index (κ2) is 2.36. The molecule has 2 heterocycles. The van der Waals surface area contributed by atoms with Gasteiger partial charge in [-0.3, -0.25) is 0 Å². The highest BCUT2D eigenvalue weighted by Gasteiger charge is 1.98. The summed E-state index contributed by atoms with van der Waals surface area (Å²) >= 11 is 4.91. The Bertz CT molecular complexity index is 343. The number of fused-ring (bicyclic) bond motifs is 1. The van der Waals surface area contributed by atoms with Crippen LogP contribution >= 0.6 is 27.7 Å². The van der Waals surface area contributed by atoms with Crippen molar-refractivity contribution in [2.24, 2.45) is 0 Å². The quantitative estimate of drug-likeness (QED) is 0.580. The van der Waals surface area contributed by atoms with E-state index in [1.165, 1.54) is 9.75 Å². The summed E-state index contributed by atoms with van der Waals surface area (Å²) in [5.74, 6) is 0. The fourth-order valence-electron chi connectivity index (χ4n) is 0.882. The summed E-state index contributed by atoms with van der Waals surface area (Å²) in [4.78, 5) is 0. The van der Waals surface area contributed by atoms with E-state index in [9.17, 15) is 0 Å². The summed E-state index contributed by atoms with van der Waals surface area (Å²) in [6.07, 6.45) is 6.07. The van der Waals surface area contributed by atoms with Gasteiger partial charge < -0.3 is 3.93 Å². The van der Waals surface area contributed by atoms with Crippen molar-refractivity contribution < 1.29 is 0 Å². The molecule has 2 rings (SSSR count). The van der Waals surface area contributed by atoms with Crippen LogP contribution in [0.4, 0.5) is 0 Å². The smallest absolute Gasteiger partial charge is 0.0543 e. The minimum atomic E-state index is 0.926. The van der Waals surface area contributed by atoms with Gasteiger partial charge in [-0.25, -0.2) is 0 Å². The van der Waals surface area contributed by atoms with Gasteiger partial charge in [-0.05, 0) is 17.6 Å². The molecular formula is C6H5BrN2S. The fourth-order valence-corrected chi connectivity index (χ4v) is 1.89. The highest BCUT2D eigenvalue weighted by atomic mass is 79.9. The lowest BCUT2D eigenvalue weighted by Crippen LogP contribution is -2.27. The second-order valence-electron chi connectivity index (χ2n) is 2.06. The first kappa shape index (κ1) is 6.37. The zero-order chi connectivity index (χ0) is 6.97. The zero-order valence-electron chi connectivity index (χ0n) is 5.12. The number of aromatic nitrogens is 1. The summed E-state index contributed by atoms with van der Waals surface area (Å²) in [5.41, 5.74) is 0. The summed E-state index contributed by atoms with van der Waals surface area (Å²) < 4.78 is 7.31. The van der Waals surface area contributed by atoms with E-state index < -0.39 is 0 Å². The molecule has 0 unspecified atom stereocenters. The van der Waals surface area contributed by atoms with Crippen LogP contribution in [0.1, 0.15) is 0 Å². The maximum absolute atomic E-state index is 4.07. The van der Waals surface area contributed by atoms with Gasteiger partial charge in [-0.2, -0.15) is 4.37 Å². The van der Waals surface area contributed by atoms with Crippen LogP contribution in [0.3, 0.4) is 0 Å². The second-order valence-corrected chi connectivity index (χ2v) is 3.81. The van der Waals surface area contributed by atoms with Crippen LogP contribution in [-0.4, -0.2) is 14.8 Å². The number of hydrogen-bond donors (Lipinski definition) is 0. The molecule has 0 bridgehead atoms. The van der Waals surface area contributed by atoms with Crippen LogP contribution in [0.25, 0.3) is 12.3 Å². The molecular weight excluding hydrogens is 212 g/mol. The van der Waals surface area contributed by atoms with E-state index in [1.807, 2.05) is 16.3 Å². The first-order valence-electron chi connectivity index (χ1n) is 2.91. The van der Waals surface area contributed by atoms with Gasteiger partial charge in [0.15, 0.2) is 0 Å². The lowest BCUT2D eigenvalue weighted by atomic mass is 10.4. The van der Waals surface area contributed by atoms with Crippen molar-refractivity contribution >= 4 is 40.0 Å². The molecule has 0 aromatic carbocycles. The maximum Gasteiger partial charge on any atom is 0.0543 e. The molecule has 52 valence electrons. The highest BCUT2D eigenvalue weighted by Crippen LogP contribution is 1.99. The van der Waals surface area contributed by atoms with E-state index in [-0.39, 0.29) is 0 Å². The molecule has 0 spiro atoms. The summed E-state index contributed by atoms with van der Waals surface area (Å²) in [5, 5.41) is 1.20. The van der Waals surface area contributed by atoms with Gasteiger partial charge in [-0.15, -0.1) is 0 Å². The van der Waals surface area contributed by atoms with Crippen molar-refractivity contribution in [3.63, 3.8) is 0 Å². The van der Waals surface area contributed by atoms with Crippen LogP contribution in [0.5, 0.6) is 0 Å². The van der Waals surface area contributed by atoms with Gasteiger partial charge in [0, 0.05) is 34.1 Å². The zero-order valence-corrected chi connectivity index (χ0v) is 7.52. The van der Waals surface area contributed by atoms with Gasteiger partial charge in [-0.1, -0.05) is 0 Å². The third-order valence-electron chi connectivity index (χ3n) is 1.36. The molecule has 2 nitrogen and oxygen atoms in total. The van der Waals surface area contributed by atoms with Gasteiger partial charge in [0.05, 0.1) is 10.7 Å².